The minimum atomic E-state index is -1.40. The summed E-state index contributed by atoms with van der Waals surface area (Å²) in [5.74, 6) is -7.34. The molecule has 3 nitrogen and oxygen atoms in total. The quantitative estimate of drug-likeness (QED) is 0.420. The van der Waals surface area contributed by atoms with Crippen molar-refractivity contribution < 1.29 is 36.9 Å². The number of ether oxygens (including phenoxy) is 1. The Labute approximate surface area is 186 Å². The van der Waals surface area contributed by atoms with E-state index in [0.29, 0.717) is 24.8 Å². The first-order valence-corrected chi connectivity index (χ1v) is 10.2. The largest absolute Gasteiger partial charge is 0.505 e. The van der Waals surface area contributed by atoms with Crippen molar-refractivity contribution in [2.45, 2.75) is 32.0 Å². The van der Waals surface area contributed by atoms with E-state index in [1.54, 1.807) is 6.08 Å². The fourth-order valence-electron chi connectivity index (χ4n) is 3.81. The highest BCUT2D eigenvalue weighted by Gasteiger charge is 2.21. The molecule has 8 heteroatoms. The molecular weight excluding hydrogens is 443 g/mol. The van der Waals surface area contributed by atoms with Crippen LogP contribution in [0.15, 0.2) is 48.5 Å². The Morgan fingerprint density at radius 1 is 0.788 bits per heavy atom. The van der Waals surface area contributed by atoms with Gasteiger partial charge in [0.25, 0.3) is 0 Å². The zero-order chi connectivity index (χ0) is 23.7. The van der Waals surface area contributed by atoms with E-state index < -0.39 is 40.6 Å². The van der Waals surface area contributed by atoms with Crippen molar-refractivity contribution in [2.75, 3.05) is 0 Å². The Hall–Kier alpha value is -3.39. The third-order valence-electron chi connectivity index (χ3n) is 5.67. The number of benzene rings is 3. The van der Waals surface area contributed by atoms with Crippen LogP contribution in [0.1, 0.15) is 30.4 Å². The lowest BCUT2D eigenvalue weighted by Gasteiger charge is -2.23. The summed E-state index contributed by atoms with van der Waals surface area (Å²) in [6.07, 6.45) is 2.93. The monoisotopic (exact) mass is 462 g/mol. The van der Waals surface area contributed by atoms with Gasteiger partial charge < -0.3 is 14.9 Å². The number of allylic oxidation sites excluding steroid dienone is 1. The van der Waals surface area contributed by atoms with Crippen LogP contribution in [0.5, 0.6) is 11.5 Å². The number of phenols is 2. The number of phenolic OH excluding ortho intramolecular Hbond substituents is 2. The van der Waals surface area contributed by atoms with Crippen LogP contribution in [0.3, 0.4) is 0 Å². The van der Waals surface area contributed by atoms with Crippen LogP contribution >= 0.6 is 0 Å². The van der Waals surface area contributed by atoms with E-state index in [9.17, 15) is 32.2 Å². The molecule has 0 spiro atoms. The summed E-state index contributed by atoms with van der Waals surface area (Å²) >= 11 is 0. The molecule has 0 bridgehead atoms. The SMILES string of the molecule is Oc1ccc(COC2CC=C(c3ccc(-c4ccc(O)c(F)c4F)cc3F)CC2)c(F)c1F. The van der Waals surface area contributed by atoms with Crippen LogP contribution in [-0.2, 0) is 11.3 Å². The Morgan fingerprint density at radius 2 is 1.45 bits per heavy atom. The second-order valence-corrected chi connectivity index (χ2v) is 7.76. The lowest BCUT2D eigenvalue weighted by molar-refractivity contribution is 0.0341. The minimum Gasteiger partial charge on any atom is -0.505 e. The summed E-state index contributed by atoms with van der Waals surface area (Å²) in [5.41, 5.74) is 0.995. The highest BCUT2D eigenvalue weighted by Crippen LogP contribution is 2.34. The van der Waals surface area contributed by atoms with Crippen LogP contribution in [0.4, 0.5) is 22.0 Å². The Morgan fingerprint density at radius 3 is 2.12 bits per heavy atom. The molecule has 3 aromatic rings. The number of hydrogen-bond donors (Lipinski definition) is 2. The average molecular weight is 462 g/mol. The average Bonchev–Trinajstić information content (AvgIpc) is 2.81. The first-order chi connectivity index (χ1) is 15.8. The molecule has 0 aromatic heterocycles. The first-order valence-electron chi connectivity index (χ1n) is 10.2. The van der Waals surface area contributed by atoms with Crippen LogP contribution in [0.25, 0.3) is 16.7 Å². The summed E-state index contributed by atoms with van der Waals surface area (Å²) in [7, 11) is 0. The number of hydrogen-bond acceptors (Lipinski definition) is 3. The maximum atomic E-state index is 14.8. The molecule has 4 rings (SSSR count). The smallest absolute Gasteiger partial charge is 0.200 e. The second-order valence-electron chi connectivity index (χ2n) is 7.76. The zero-order valence-corrected chi connectivity index (χ0v) is 17.2. The van der Waals surface area contributed by atoms with Gasteiger partial charge >= 0.3 is 0 Å². The molecule has 1 aliphatic carbocycles. The van der Waals surface area contributed by atoms with E-state index in [2.05, 4.69) is 0 Å². The Bertz CT molecular complexity index is 1240. The van der Waals surface area contributed by atoms with Crippen molar-refractivity contribution in [3.8, 4) is 22.6 Å². The van der Waals surface area contributed by atoms with Crippen molar-refractivity contribution in [2.24, 2.45) is 0 Å². The van der Waals surface area contributed by atoms with Gasteiger partial charge in [0, 0.05) is 16.7 Å². The van der Waals surface area contributed by atoms with Gasteiger partial charge in [-0.25, -0.2) is 13.2 Å². The molecule has 0 fully saturated rings. The summed E-state index contributed by atoms with van der Waals surface area (Å²) in [4.78, 5) is 0. The van der Waals surface area contributed by atoms with Gasteiger partial charge in [0.1, 0.15) is 5.82 Å². The van der Waals surface area contributed by atoms with E-state index in [4.69, 9.17) is 4.74 Å². The molecule has 2 N–H and O–H groups in total. The third-order valence-corrected chi connectivity index (χ3v) is 5.67. The molecule has 0 aliphatic heterocycles. The molecule has 0 amide bonds. The molecule has 1 atom stereocenters. The van der Waals surface area contributed by atoms with Crippen LogP contribution < -0.4 is 0 Å². The molecule has 0 radical (unpaired) electrons. The van der Waals surface area contributed by atoms with Crippen molar-refractivity contribution >= 4 is 5.57 Å². The van der Waals surface area contributed by atoms with Crippen molar-refractivity contribution in [1.29, 1.82) is 0 Å². The van der Waals surface area contributed by atoms with Gasteiger partial charge in [-0.15, -0.1) is 0 Å². The normalized spacial score (nSPS) is 16.0. The number of halogens is 5. The topological polar surface area (TPSA) is 49.7 Å². The molecule has 33 heavy (non-hydrogen) atoms. The molecule has 1 aliphatic rings. The lowest BCUT2D eigenvalue weighted by Crippen LogP contribution is -2.16. The summed E-state index contributed by atoms with van der Waals surface area (Å²) in [6, 6.07) is 8.54. The predicted molar refractivity (Wildman–Crippen MR) is 112 cm³/mol. The molecule has 0 saturated carbocycles. The maximum absolute atomic E-state index is 14.8. The van der Waals surface area contributed by atoms with Crippen molar-refractivity contribution in [1.82, 2.24) is 0 Å². The Balaban J connectivity index is 1.45. The highest BCUT2D eigenvalue weighted by atomic mass is 19.2. The molecule has 0 heterocycles. The molecule has 1 unspecified atom stereocenters. The van der Waals surface area contributed by atoms with Crippen molar-refractivity contribution in [3.05, 3.63) is 88.8 Å². The molecule has 0 saturated heterocycles. The van der Waals surface area contributed by atoms with Crippen LogP contribution in [-0.4, -0.2) is 16.3 Å². The first kappa shape index (κ1) is 22.8. The molecule has 3 aromatic carbocycles. The number of aromatic hydroxyl groups is 2. The summed E-state index contributed by atoms with van der Waals surface area (Å²) in [5, 5.41) is 18.4. The predicted octanol–water partition coefficient (Wildman–Crippen LogP) is 6.61. The standard InChI is InChI=1S/C25H19F5O3/c26-19-11-14(18-8-10-21(32)25(30)23(18)28)3-7-17(19)13-1-5-16(6-2-13)33-12-15-4-9-20(31)24(29)22(15)27/h1,3-4,7-11,16,31-32H,2,5-6,12H2. The van der Waals surface area contributed by atoms with Gasteiger partial charge in [-0.3, -0.25) is 0 Å². The molecule has 172 valence electrons. The van der Waals surface area contributed by atoms with Gasteiger partial charge in [0.05, 0.1) is 12.7 Å². The lowest BCUT2D eigenvalue weighted by atomic mass is 9.90. The van der Waals surface area contributed by atoms with E-state index in [0.717, 1.165) is 23.8 Å². The van der Waals surface area contributed by atoms with Crippen molar-refractivity contribution in [3.63, 3.8) is 0 Å². The van der Waals surface area contributed by atoms with Crippen LogP contribution in [0, 0.1) is 29.1 Å². The van der Waals surface area contributed by atoms with Crippen LogP contribution in [0.2, 0.25) is 0 Å². The van der Waals surface area contributed by atoms with E-state index in [1.165, 1.54) is 24.3 Å². The molecular formula is C25H19F5O3. The maximum Gasteiger partial charge on any atom is 0.200 e. The highest BCUT2D eigenvalue weighted by molar-refractivity contribution is 5.72. The van der Waals surface area contributed by atoms with Gasteiger partial charge in [-0.05, 0) is 60.7 Å². The fraction of sp³-hybridized carbons (Fsp3) is 0.200. The second kappa shape index (κ2) is 9.23. The summed E-state index contributed by atoms with van der Waals surface area (Å²) in [6.45, 7) is -0.172. The van der Waals surface area contributed by atoms with Gasteiger partial charge in [-0.1, -0.05) is 18.2 Å². The zero-order valence-electron chi connectivity index (χ0n) is 17.2. The fourth-order valence-corrected chi connectivity index (χ4v) is 3.81. The van der Waals surface area contributed by atoms with E-state index >= 15 is 0 Å². The number of rotatable bonds is 5. The van der Waals surface area contributed by atoms with Gasteiger partial charge in [0.15, 0.2) is 23.1 Å². The third kappa shape index (κ3) is 4.57. The van der Waals surface area contributed by atoms with Gasteiger partial charge in [-0.2, -0.15) is 8.78 Å². The Kier molecular flexibility index (Phi) is 6.37. The van der Waals surface area contributed by atoms with E-state index in [1.807, 2.05) is 0 Å². The van der Waals surface area contributed by atoms with E-state index in [-0.39, 0.29) is 29.4 Å². The minimum absolute atomic E-state index is 0.0143. The summed E-state index contributed by atoms with van der Waals surface area (Å²) < 4.78 is 75.4. The van der Waals surface area contributed by atoms with Gasteiger partial charge in [0.2, 0.25) is 11.6 Å².